The molecule has 2 atom stereocenters. The fourth-order valence-electron chi connectivity index (χ4n) is 2.52. The molecule has 0 fully saturated rings. The van der Waals surface area contributed by atoms with Crippen LogP contribution in [-0.4, -0.2) is 0 Å². The Hall–Kier alpha value is -0.120. The fraction of sp³-hybridized carbons (Fsp3) is 0.600. The minimum atomic E-state index is -0.411. The second-order valence-corrected chi connectivity index (χ2v) is 7.71. The van der Waals surface area contributed by atoms with Gasteiger partial charge in [0.1, 0.15) is 5.82 Å². The Labute approximate surface area is 128 Å². The van der Waals surface area contributed by atoms with Gasteiger partial charge in [0.15, 0.2) is 0 Å². The smallest absolute Gasteiger partial charge is 0.147 e. The predicted molar refractivity (Wildman–Crippen MR) is 83.9 cm³/mol. The van der Waals surface area contributed by atoms with E-state index in [-0.39, 0.29) is 16.5 Å². The average molecular weight is 351 g/mol. The van der Waals surface area contributed by atoms with Gasteiger partial charge in [0.2, 0.25) is 0 Å². The molecule has 0 heterocycles. The third kappa shape index (κ3) is 5.05. The van der Waals surface area contributed by atoms with Crippen molar-refractivity contribution in [3.05, 3.63) is 33.0 Å². The molecule has 0 saturated heterocycles. The van der Waals surface area contributed by atoms with Crippen LogP contribution in [0.1, 0.15) is 52.1 Å². The third-order valence-corrected chi connectivity index (χ3v) is 4.34. The molecule has 0 amide bonds. The zero-order valence-corrected chi connectivity index (χ0v) is 14.3. The van der Waals surface area contributed by atoms with Gasteiger partial charge < -0.3 is 5.73 Å². The summed E-state index contributed by atoms with van der Waals surface area (Å²) >= 11 is 9.10. The van der Waals surface area contributed by atoms with E-state index >= 15 is 0 Å². The number of nitrogens with two attached hydrogens (primary N) is 1. The largest absolute Gasteiger partial charge is 0.324 e. The lowest BCUT2D eigenvalue weighted by Gasteiger charge is -2.25. The van der Waals surface area contributed by atoms with Crippen LogP contribution in [0.4, 0.5) is 4.39 Å². The maximum Gasteiger partial charge on any atom is 0.147 e. The zero-order valence-electron chi connectivity index (χ0n) is 11.9. The Bertz CT molecular complexity index is 443. The third-order valence-electron chi connectivity index (χ3n) is 3.08. The number of halogens is 3. The van der Waals surface area contributed by atoms with Gasteiger partial charge in [0.05, 0.1) is 5.02 Å². The molecule has 1 nitrogen and oxygen atoms in total. The van der Waals surface area contributed by atoms with Crippen molar-refractivity contribution in [1.29, 1.82) is 0 Å². The van der Waals surface area contributed by atoms with E-state index in [1.165, 1.54) is 0 Å². The van der Waals surface area contributed by atoms with Gasteiger partial charge >= 0.3 is 0 Å². The van der Waals surface area contributed by atoms with Crippen molar-refractivity contribution >= 4 is 27.5 Å². The molecule has 19 heavy (non-hydrogen) atoms. The van der Waals surface area contributed by atoms with Crippen molar-refractivity contribution in [2.75, 3.05) is 0 Å². The lowest BCUT2D eigenvalue weighted by atomic mass is 9.82. The molecule has 2 unspecified atom stereocenters. The van der Waals surface area contributed by atoms with Crippen molar-refractivity contribution in [2.45, 2.75) is 46.6 Å². The molecule has 1 rings (SSSR count). The highest BCUT2D eigenvalue weighted by Gasteiger charge is 2.21. The molecule has 0 saturated carbocycles. The summed E-state index contributed by atoms with van der Waals surface area (Å²) in [4.78, 5) is 0. The SMILES string of the molecule is CC(CC(N)c1ccc(Br)c(Cl)c1F)CC(C)(C)C. The molecule has 0 spiro atoms. The molecule has 2 N–H and O–H groups in total. The first-order valence-electron chi connectivity index (χ1n) is 6.51. The molecule has 0 aliphatic heterocycles. The van der Waals surface area contributed by atoms with E-state index in [4.69, 9.17) is 17.3 Å². The predicted octanol–water partition coefficient (Wildman–Crippen LogP) is 5.70. The maximum atomic E-state index is 14.1. The summed E-state index contributed by atoms with van der Waals surface area (Å²) in [7, 11) is 0. The minimum Gasteiger partial charge on any atom is -0.324 e. The van der Waals surface area contributed by atoms with E-state index in [1.54, 1.807) is 12.1 Å². The van der Waals surface area contributed by atoms with Gasteiger partial charge in [-0.2, -0.15) is 0 Å². The molecule has 0 aromatic heterocycles. The Kier molecular flexibility index (Phi) is 5.84. The summed E-state index contributed by atoms with van der Waals surface area (Å²) in [6, 6.07) is 3.14. The number of hydrogen-bond donors (Lipinski definition) is 1. The first-order valence-corrected chi connectivity index (χ1v) is 7.68. The van der Waals surface area contributed by atoms with E-state index in [0.29, 0.717) is 16.0 Å². The highest BCUT2D eigenvalue weighted by molar-refractivity contribution is 9.10. The molecule has 1 aromatic carbocycles. The average Bonchev–Trinajstić information content (AvgIpc) is 2.23. The van der Waals surface area contributed by atoms with Gasteiger partial charge in [0.25, 0.3) is 0 Å². The summed E-state index contributed by atoms with van der Waals surface area (Å²) < 4.78 is 14.6. The molecule has 108 valence electrons. The van der Waals surface area contributed by atoms with Crippen LogP contribution in [0.25, 0.3) is 0 Å². The summed E-state index contributed by atoms with van der Waals surface area (Å²) in [6.45, 7) is 8.76. The lowest BCUT2D eigenvalue weighted by molar-refractivity contribution is 0.285. The van der Waals surface area contributed by atoms with Crippen molar-refractivity contribution in [3.8, 4) is 0 Å². The lowest BCUT2D eigenvalue weighted by Crippen LogP contribution is -2.19. The summed E-state index contributed by atoms with van der Waals surface area (Å²) in [5.74, 6) is 0.0309. The highest BCUT2D eigenvalue weighted by Crippen LogP contribution is 2.34. The fourth-order valence-corrected chi connectivity index (χ4v) is 2.99. The maximum absolute atomic E-state index is 14.1. The summed E-state index contributed by atoms with van der Waals surface area (Å²) in [6.07, 6.45) is 1.82. The van der Waals surface area contributed by atoms with Crippen molar-refractivity contribution in [2.24, 2.45) is 17.1 Å². The number of rotatable bonds is 4. The monoisotopic (exact) mass is 349 g/mol. The normalized spacial score (nSPS) is 15.4. The molecule has 1 aromatic rings. The standard InChI is InChI=1S/C15H22BrClFN/c1-9(8-15(2,3)4)7-12(19)10-5-6-11(16)13(17)14(10)18/h5-6,9,12H,7-8,19H2,1-4H3. The molecule has 0 radical (unpaired) electrons. The second kappa shape index (κ2) is 6.55. The van der Waals surface area contributed by atoms with Crippen molar-refractivity contribution in [3.63, 3.8) is 0 Å². The van der Waals surface area contributed by atoms with Crippen LogP contribution in [0.5, 0.6) is 0 Å². The molecule has 0 aliphatic rings. The van der Waals surface area contributed by atoms with Gasteiger partial charge in [-0.15, -0.1) is 0 Å². The van der Waals surface area contributed by atoms with Crippen LogP contribution in [0.3, 0.4) is 0 Å². The number of benzene rings is 1. The Morgan fingerprint density at radius 2 is 1.95 bits per heavy atom. The molecule has 0 bridgehead atoms. The molecular formula is C15H22BrClFN. The highest BCUT2D eigenvalue weighted by atomic mass is 79.9. The van der Waals surface area contributed by atoms with E-state index < -0.39 is 5.82 Å². The molecule has 4 heteroatoms. The van der Waals surface area contributed by atoms with E-state index in [2.05, 4.69) is 43.6 Å². The van der Waals surface area contributed by atoms with Gasteiger partial charge in [-0.25, -0.2) is 4.39 Å². The quantitative estimate of drug-likeness (QED) is 0.692. The Balaban J connectivity index is 2.79. The first kappa shape index (κ1) is 16.9. The van der Waals surface area contributed by atoms with Gasteiger partial charge in [-0.1, -0.05) is 45.4 Å². The van der Waals surface area contributed by atoms with E-state index in [9.17, 15) is 4.39 Å². The van der Waals surface area contributed by atoms with Crippen LogP contribution in [0.15, 0.2) is 16.6 Å². The van der Waals surface area contributed by atoms with Gasteiger partial charge in [0, 0.05) is 16.1 Å². The van der Waals surface area contributed by atoms with Crippen molar-refractivity contribution in [1.82, 2.24) is 0 Å². The zero-order chi connectivity index (χ0) is 14.8. The summed E-state index contributed by atoms with van der Waals surface area (Å²) in [5.41, 5.74) is 6.87. The van der Waals surface area contributed by atoms with Crippen LogP contribution in [0.2, 0.25) is 5.02 Å². The topological polar surface area (TPSA) is 26.0 Å². The van der Waals surface area contributed by atoms with Crippen LogP contribution < -0.4 is 5.73 Å². The molecular weight excluding hydrogens is 329 g/mol. The second-order valence-electron chi connectivity index (χ2n) is 6.48. The van der Waals surface area contributed by atoms with Crippen molar-refractivity contribution < 1.29 is 4.39 Å². The summed E-state index contributed by atoms with van der Waals surface area (Å²) in [5, 5.41) is 0.108. The Morgan fingerprint density at radius 3 is 2.47 bits per heavy atom. The number of hydrogen-bond acceptors (Lipinski definition) is 1. The molecule has 0 aliphatic carbocycles. The minimum absolute atomic E-state index is 0.108. The van der Waals surface area contributed by atoms with Crippen LogP contribution in [0, 0.1) is 17.2 Å². The van der Waals surface area contributed by atoms with Crippen LogP contribution in [-0.2, 0) is 0 Å². The van der Waals surface area contributed by atoms with Gasteiger partial charge in [-0.05, 0) is 46.2 Å². The Morgan fingerprint density at radius 1 is 1.37 bits per heavy atom. The van der Waals surface area contributed by atoms with Crippen LogP contribution >= 0.6 is 27.5 Å². The van der Waals surface area contributed by atoms with E-state index in [1.807, 2.05) is 0 Å². The van der Waals surface area contributed by atoms with E-state index in [0.717, 1.165) is 12.8 Å². The van der Waals surface area contributed by atoms with Gasteiger partial charge in [-0.3, -0.25) is 0 Å². The first-order chi connectivity index (χ1) is 8.61.